The number of hydrogen-bond acceptors (Lipinski definition) is 1. The Hall–Kier alpha value is -0.140. The Morgan fingerprint density at radius 2 is 2.08 bits per heavy atom. The second-order valence-corrected chi connectivity index (χ2v) is 4.03. The Balaban J connectivity index is 3.19. The van der Waals surface area contributed by atoms with Gasteiger partial charge in [0.25, 0.3) is 0 Å². The third-order valence-corrected chi connectivity index (χ3v) is 3.17. The Bertz CT molecular complexity index is 281. The third-order valence-electron chi connectivity index (χ3n) is 1.92. The van der Waals surface area contributed by atoms with Crippen molar-refractivity contribution in [2.24, 2.45) is 0 Å². The van der Waals surface area contributed by atoms with E-state index >= 15 is 0 Å². The number of halogens is 1. The van der Waals surface area contributed by atoms with Crippen LogP contribution in [0.3, 0.4) is 0 Å². The summed E-state index contributed by atoms with van der Waals surface area (Å²) in [6, 6.07) is 4.30. The molecule has 0 N–H and O–H groups in total. The number of benzene rings is 1. The normalized spacial score (nSPS) is 10.3. The first-order valence-electron chi connectivity index (χ1n) is 4.02. The van der Waals surface area contributed by atoms with Crippen molar-refractivity contribution in [1.29, 1.82) is 0 Å². The second-order valence-electron chi connectivity index (χ2n) is 2.77. The van der Waals surface area contributed by atoms with Crippen LogP contribution in [0.1, 0.15) is 18.1 Å². The fraction of sp³-hybridized carbons (Fsp3) is 0.400. The second kappa shape index (κ2) is 4.20. The van der Waals surface area contributed by atoms with E-state index in [-0.39, 0.29) is 0 Å². The lowest BCUT2D eigenvalue weighted by molar-refractivity contribution is 1.11. The van der Waals surface area contributed by atoms with Crippen LogP contribution in [-0.4, -0.2) is 6.26 Å². The predicted molar refractivity (Wildman–Crippen MR) is 57.3 cm³/mol. The van der Waals surface area contributed by atoms with Crippen molar-refractivity contribution in [3.63, 3.8) is 0 Å². The van der Waals surface area contributed by atoms with Gasteiger partial charge >= 0.3 is 0 Å². The molecule has 0 aliphatic heterocycles. The van der Waals surface area contributed by atoms with Gasteiger partial charge in [-0.3, -0.25) is 0 Å². The van der Waals surface area contributed by atoms with Gasteiger partial charge in [0.05, 0.1) is 0 Å². The van der Waals surface area contributed by atoms with Crippen LogP contribution in [0.25, 0.3) is 0 Å². The summed E-state index contributed by atoms with van der Waals surface area (Å²) in [4.78, 5) is 1.30. The summed E-state index contributed by atoms with van der Waals surface area (Å²) in [7, 11) is 0. The van der Waals surface area contributed by atoms with E-state index in [4.69, 9.17) is 11.6 Å². The van der Waals surface area contributed by atoms with Gasteiger partial charge in [0.2, 0.25) is 0 Å². The Labute approximate surface area is 83.3 Å². The van der Waals surface area contributed by atoms with Gasteiger partial charge in [-0.05, 0) is 42.9 Å². The molecule has 2 heteroatoms. The fourth-order valence-electron chi connectivity index (χ4n) is 1.18. The lowest BCUT2D eigenvalue weighted by Gasteiger charge is -2.06. The lowest BCUT2D eigenvalue weighted by Crippen LogP contribution is -1.87. The molecule has 0 heterocycles. The van der Waals surface area contributed by atoms with Crippen molar-refractivity contribution in [3.05, 3.63) is 28.3 Å². The van der Waals surface area contributed by atoms with E-state index in [2.05, 4.69) is 32.2 Å². The first-order valence-corrected chi connectivity index (χ1v) is 5.62. The summed E-state index contributed by atoms with van der Waals surface area (Å²) in [5.74, 6) is 0. The Morgan fingerprint density at radius 1 is 1.42 bits per heavy atom. The van der Waals surface area contributed by atoms with Crippen molar-refractivity contribution in [3.8, 4) is 0 Å². The van der Waals surface area contributed by atoms with Crippen molar-refractivity contribution >= 4 is 23.4 Å². The summed E-state index contributed by atoms with van der Waals surface area (Å²) in [5, 5.41) is 0.926. The van der Waals surface area contributed by atoms with Crippen LogP contribution in [0.5, 0.6) is 0 Å². The zero-order chi connectivity index (χ0) is 9.14. The minimum absolute atomic E-state index is 0.926. The van der Waals surface area contributed by atoms with Gasteiger partial charge in [-0.1, -0.05) is 18.5 Å². The largest absolute Gasteiger partial charge is 0.130 e. The summed E-state index contributed by atoms with van der Waals surface area (Å²) in [6.45, 7) is 4.19. The molecule has 0 saturated carbocycles. The van der Waals surface area contributed by atoms with E-state index in [9.17, 15) is 0 Å². The maximum Gasteiger partial charge on any atom is 0.0467 e. The van der Waals surface area contributed by atoms with E-state index in [0.29, 0.717) is 0 Å². The zero-order valence-electron chi connectivity index (χ0n) is 7.65. The Kier molecular flexibility index (Phi) is 3.48. The Morgan fingerprint density at radius 3 is 2.58 bits per heavy atom. The van der Waals surface area contributed by atoms with Crippen LogP contribution in [-0.2, 0) is 6.42 Å². The molecular formula is C10H13ClS. The summed E-state index contributed by atoms with van der Waals surface area (Å²) in [6.07, 6.45) is 3.09. The highest BCUT2D eigenvalue weighted by Gasteiger charge is 2.03. The average molecular weight is 201 g/mol. The van der Waals surface area contributed by atoms with Crippen LogP contribution in [0, 0.1) is 6.92 Å². The van der Waals surface area contributed by atoms with Gasteiger partial charge in [0, 0.05) is 9.92 Å². The zero-order valence-corrected chi connectivity index (χ0v) is 9.22. The molecule has 1 rings (SSSR count). The van der Waals surface area contributed by atoms with Gasteiger partial charge < -0.3 is 0 Å². The SMILES string of the molecule is CCc1cc(SC)cc(C)c1Cl. The molecule has 0 atom stereocenters. The highest BCUT2D eigenvalue weighted by atomic mass is 35.5. The molecule has 0 unspecified atom stereocenters. The van der Waals surface area contributed by atoms with Crippen molar-refractivity contribution in [1.82, 2.24) is 0 Å². The predicted octanol–water partition coefficient (Wildman–Crippen LogP) is 3.93. The quantitative estimate of drug-likeness (QED) is 0.652. The maximum atomic E-state index is 6.11. The minimum Gasteiger partial charge on any atom is -0.130 e. The van der Waals surface area contributed by atoms with Crippen LogP contribution in [0.15, 0.2) is 17.0 Å². The van der Waals surface area contributed by atoms with E-state index in [1.54, 1.807) is 11.8 Å². The van der Waals surface area contributed by atoms with E-state index < -0.39 is 0 Å². The van der Waals surface area contributed by atoms with Crippen LogP contribution in [0.4, 0.5) is 0 Å². The number of hydrogen-bond donors (Lipinski definition) is 0. The van der Waals surface area contributed by atoms with Gasteiger partial charge in [-0.2, -0.15) is 0 Å². The third kappa shape index (κ3) is 1.96. The smallest absolute Gasteiger partial charge is 0.0467 e. The van der Waals surface area contributed by atoms with Gasteiger partial charge in [0.1, 0.15) is 0 Å². The molecule has 0 aliphatic carbocycles. The minimum atomic E-state index is 0.926. The molecule has 0 bridgehead atoms. The van der Waals surface area contributed by atoms with Gasteiger partial charge in [-0.15, -0.1) is 11.8 Å². The first-order chi connectivity index (χ1) is 5.69. The fourth-order valence-corrected chi connectivity index (χ4v) is 1.98. The molecule has 12 heavy (non-hydrogen) atoms. The lowest BCUT2D eigenvalue weighted by atomic mass is 10.1. The number of aryl methyl sites for hydroxylation is 2. The van der Waals surface area contributed by atoms with E-state index in [0.717, 1.165) is 11.4 Å². The maximum absolute atomic E-state index is 6.11. The molecule has 66 valence electrons. The van der Waals surface area contributed by atoms with Gasteiger partial charge in [0.15, 0.2) is 0 Å². The molecule has 1 aromatic rings. The summed E-state index contributed by atoms with van der Waals surface area (Å²) < 4.78 is 0. The van der Waals surface area contributed by atoms with Gasteiger partial charge in [-0.25, -0.2) is 0 Å². The molecule has 0 fully saturated rings. The van der Waals surface area contributed by atoms with Crippen LogP contribution >= 0.6 is 23.4 Å². The number of rotatable bonds is 2. The topological polar surface area (TPSA) is 0 Å². The van der Waals surface area contributed by atoms with Crippen molar-refractivity contribution in [2.45, 2.75) is 25.2 Å². The molecule has 0 nitrogen and oxygen atoms in total. The van der Waals surface area contributed by atoms with Crippen molar-refractivity contribution in [2.75, 3.05) is 6.26 Å². The molecule has 1 aromatic carbocycles. The molecule has 0 aliphatic rings. The molecular weight excluding hydrogens is 188 g/mol. The van der Waals surface area contributed by atoms with E-state index in [1.165, 1.54) is 16.0 Å². The monoisotopic (exact) mass is 200 g/mol. The summed E-state index contributed by atoms with van der Waals surface area (Å²) in [5.41, 5.74) is 2.43. The molecule has 0 aromatic heterocycles. The molecule has 0 radical (unpaired) electrons. The summed E-state index contributed by atoms with van der Waals surface area (Å²) >= 11 is 7.88. The van der Waals surface area contributed by atoms with Crippen molar-refractivity contribution < 1.29 is 0 Å². The highest BCUT2D eigenvalue weighted by Crippen LogP contribution is 2.27. The molecule has 0 amide bonds. The van der Waals surface area contributed by atoms with Crippen LogP contribution < -0.4 is 0 Å². The average Bonchev–Trinajstić information content (AvgIpc) is 2.09. The standard InChI is InChI=1S/C10H13ClS/c1-4-8-6-9(12-3)5-7(2)10(8)11/h5-6H,4H2,1-3H3. The van der Waals surface area contributed by atoms with E-state index in [1.807, 2.05) is 0 Å². The highest BCUT2D eigenvalue weighted by molar-refractivity contribution is 7.98. The van der Waals surface area contributed by atoms with Crippen LogP contribution in [0.2, 0.25) is 5.02 Å². The number of thioether (sulfide) groups is 1. The first kappa shape index (κ1) is 9.94. The molecule has 0 saturated heterocycles. The molecule has 0 spiro atoms.